The van der Waals surface area contributed by atoms with Crippen LogP contribution in [0.1, 0.15) is 25.7 Å². The Morgan fingerprint density at radius 3 is 2.39 bits per heavy atom. The summed E-state index contributed by atoms with van der Waals surface area (Å²) in [5.74, 6) is 0.229. The second-order valence-corrected chi connectivity index (χ2v) is 8.59. The summed E-state index contributed by atoms with van der Waals surface area (Å²) in [6, 6.07) is 9.99. The second kappa shape index (κ2) is 4.42. The van der Waals surface area contributed by atoms with Crippen LogP contribution in [0.4, 0.5) is 0 Å². The molecular formula is C14H16O2S2. The van der Waals surface area contributed by atoms with E-state index in [9.17, 15) is 8.42 Å². The fourth-order valence-corrected chi connectivity index (χ4v) is 6.52. The fourth-order valence-electron chi connectivity index (χ4n) is 2.88. The van der Waals surface area contributed by atoms with Gasteiger partial charge < -0.3 is 0 Å². The Morgan fingerprint density at radius 2 is 1.72 bits per heavy atom. The number of rotatable bonds is 2. The summed E-state index contributed by atoms with van der Waals surface area (Å²) in [6.07, 6.45) is 5.74. The average Bonchev–Trinajstić information content (AvgIpc) is 2.88. The van der Waals surface area contributed by atoms with Crippen molar-refractivity contribution in [1.29, 1.82) is 0 Å². The number of benzene rings is 1. The van der Waals surface area contributed by atoms with Crippen LogP contribution in [-0.4, -0.2) is 18.9 Å². The van der Waals surface area contributed by atoms with E-state index in [1.807, 2.05) is 36.4 Å². The molecule has 0 N–H and O–H groups in total. The van der Waals surface area contributed by atoms with Gasteiger partial charge in [0.25, 0.3) is 0 Å². The summed E-state index contributed by atoms with van der Waals surface area (Å²) in [5, 5.41) is 0. The largest absolute Gasteiger partial charge is 0.228 e. The summed E-state index contributed by atoms with van der Waals surface area (Å²) in [4.78, 5) is 2.12. The molecule has 1 aliphatic heterocycles. The van der Waals surface area contributed by atoms with Crippen molar-refractivity contribution in [2.75, 3.05) is 5.75 Å². The SMILES string of the molecule is O=S1(=O)CC(Sc2ccccc2)=CC12CCCC2. The number of hydrogen-bond acceptors (Lipinski definition) is 3. The quantitative estimate of drug-likeness (QED) is 0.832. The fraction of sp³-hybridized carbons (Fsp3) is 0.429. The first-order valence-corrected chi connectivity index (χ1v) is 8.75. The van der Waals surface area contributed by atoms with Crippen molar-refractivity contribution in [2.24, 2.45) is 0 Å². The van der Waals surface area contributed by atoms with E-state index in [2.05, 4.69) is 0 Å². The lowest BCUT2D eigenvalue weighted by Crippen LogP contribution is -2.30. The first-order valence-electron chi connectivity index (χ1n) is 6.28. The van der Waals surface area contributed by atoms with Crippen LogP contribution in [0.25, 0.3) is 0 Å². The zero-order chi connectivity index (χ0) is 12.6. The van der Waals surface area contributed by atoms with E-state index in [1.165, 1.54) is 0 Å². The number of sulfone groups is 1. The molecule has 1 aromatic rings. The van der Waals surface area contributed by atoms with Crippen LogP contribution < -0.4 is 0 Å². The number of hydrogen-bond donors (Lipinski definition) is 0. The molecule has 0 saturated heterocycles. The van der Waals surface area contributed by atoms with Gasteiger partial charge in [-0.1, -0.05) is 48.9 Å². The summed E-state index contributed by atoms with van der Waals surface area (Å²) in [6.45, 7) is 0. The minimum Gasteiger partial charge on any atom is -0.228 e. The maximum absolute atomic E-state index is 12.3. The molecule has 1 fully saturated rings. The molecule has 0 radical (unpaired) electrons. The lowest BCUT2D eigenvalue weighted by atomic mass is 10.1. The minimum absolute atomic E-state index is 0.229. The van der Waals surface area contributed by atoms with Crippen LogP contribution in [0.3, 0.4) is 0 Å². The van der Waals surface area contributed by atoms with Crippen LogP contribution >= 0.6 is 11.8 Å². The standard InChI is InChI=1S/C14H16O2S2/c15-18(16)11-13(10-14(18)8-4-5-9-14)17-12-6-2-1-3-7-12/h1-3,6-7,10H,4-5,8-9,11H2. The summed E-state index contributed by atoms with van der Waals surface area (Å²) in [5.41, 5.74) is 0. The lowest BCUT2D eigenvalue weighted by molar-refractivity contribution is 0.562. The zero-order valence-corrected chi connectivity index (χ0v) is 11.8. The predicted octanol–water partition coefficient (Wildman–Crippen LogP) is 3.40. The molecule has 0 atom stereocenters. The average molecular weight is 280 g/mol. The van der Waals surface area contributed by atoms with Gasteiger partial charge in [-0.15, -0.1) is 0 Å². The Bertz CT molecular complexity index is 567. The van der Waals surface area contributed by atoms with Crippen LogP contribution in [-0.2, 0) is 9.84 Å². The third-order valence-corrected chi connectivity index (χ3v) is 7.49. The van der Waals surface area contributed by atoms with Gasteiger partial charge in [-0.2, -0.15) is 0 Å². The molecule has 4 heteroatoms. The van der Waals surface area contributed by atoms with Crippen molar-refractivity contribution in [3.05, 3.63) is 41.3 Å². The van der Waals surface area contributed by atoms with Crippen molar-refractivity contribution in [3.8, 4) is 0 Å². The van der Waals surface area contributed by atoms with Crippen molar-refractivity contribution in [3.63, 3.8) is 0 Å². The van der Waals surface area contributed by atoms with Gasteiger partial charge in [-0.05, 0) is 25.0 Å². The molecule has 2 aliphatic rings. The molecule has 0 aromatic heterocycles. The maximum Gasteiger partial charge on any atom is 0.164 e. The third kappa shape index (κ3) is 2.01. The maximum atomic E-state index is 12.3. The Morgan fingerprint density at radius 1 is 1.06 bits per heavy atom. The third-order valence-electron chi connectivity index (χ3n) is 3.82. The lowest BCUT2D eigenvalue weighted by Gasteiger charge is -2.18. The molecule has 3 rings (SSSR count). The van der Waals surface area contributed by atoms with Gasteiger partial charge in [0.1, 0.15) is 0 Å². The van der Waals surface area contributed by atoms with Gasteiger partial charge in [0.2, 0.25) is 0 Å². The molecule has 2 nitrogen and oxygen atoms in total. The molecular weight excluding hydrogens is 264 g/mol. The molecule has 1 aromatic carbocycles. The molecule has 96 valence electrons. The summed E-state index contributed by atoms with van der Waals surface area (Å²) < 4.78 is 24.1. The molecule has 18 heavy (non-hydrogen) atoms. The van der Waals surface area contributed by atoms with Gasteiger partial charge in [-0.3, -0.25) is 0 Å². The Hall–Kier alpha value is -0.740. The second-order valence-electron chi connectivity index (χ2n) is 5.06. The smallest absolute Gasteiger partial charge is 0.164 e. The van der Waals surface area contributed by atoms with E-state index in [-0.39, 0.29) is 5.75 Å². The van der Waals surface area contributed by atoms with Crippen molar-refractivity contribution >= 4 is 21.6 Å². The highest BCUT2D eigenvalue weighted by Crippen LogP contribution is 2.47. The Balaban J connectivity index is 1.87. The molecule has 0 amide bonds. The van der Waals surface area contributed by atoms with Crippen molar-refractivity contribution in [1.82, 2.24) is 0 Å². The first kappa shape index (κ1) is 12.3. The van der Waals surface area contributed by atoms with Crippen LogP contribution in [0.5, 0.6) is 0 Å². The van der Waals surface area contributed by atoms with E-state index in [0.29, 0.717) is 0 Å². The Kier molecular flexibility index (Phi) is 3.02. The summed E-state index contributed by atoms with van der Waals surface area (Å²) in [7, 11) is -2.97. The van der Waals surface area contributed by atoms with Crippen molar-refractivity contribution < 1.29 is 8.42 Å². The van der Waals surface area contributed by atoms with Crippen LogP contribution in [0.2, 0.25) is 0 Å². The summed E-state index contributed by atoms with van der Waals surface area (Å²) >= 11 is 1.60. The molecule has 0 unspecified atom stereocenters. The van der Waals surface area contributed by atoms with E-state index < -0.39 is 14.6 Å². The zero-order valence-electron chi connectivity index (χ0n) is 10.1. The molecule has 0 bridgehead atoms. The van der Waals surface area contributed by atoms with Gasteiger partial charge in [0, 0.05) is 9.80 Å². The molecule has 1 heterocycles. The van der Waals surface area contributed by atoms with E-state index in [0.717, 1.165) is 35.5 Å². The highest BCUT2D eigenvalue weighted by Gasteiger charge is 2.48. The van der Waals surface area contributed by atoms with Gasteiger partial charge >= 0.3 is 0 Å². The topological polar surface area (TPSA) is 34.1 Å². The number of thioether (sulfide) groups is 1. The minimum atomic E-state index is -2.97. The molecule has 1 spiro atoms. The van der Waals surface area contributed by atoms with Gasteiger partial charge in [-0.25, -0.2) is 8.42 Å². The van der Waals surface area contributed by atoms with E-state index in [1.54, 1.807) is 11.8 Å². The highest BCUT2D eigenvalue weighted by atomic mass is 32.2. The highest BCUT2D eigenvalue weighted by molar-refractivity contribution is 8.05. The Labute approximate surface area is 112 Å². The van der Waals surface area contributed by atoms with Crippen LogP contribution in [0.15, 0.2) is 46.2 Å². The van der Waals surface area contributed by atoms with E-state index in [4.69, 9.17) is 0 Å². The van der Waals surface area contributed by atoms with E-state index >= 15 is 0 Å². The molecule has 1 aliphatic carbocycles. The predicted molar refractivity (Wildman–Crippen MR) is 75.4 cm³/mol. The first-order chi connectivity index (χ1) is 8.61. The van der Waals surface area contributed by atoms with Crippen molar-refractivity contribution in [2.45, 2.75) is 35.3 Å². The van der Waals surface area contributed by atoms with Gasteiger partial charge in [0.05, 0.1) is 10.5 Å². The van der Waals surface area contributed by atoms with Gasteiger partial charge in [0.15, 0.2) is 9.84 Å². The normalized spacial score (nSPS) is 24.3. The molecule has 1 saturated carbocycles. The van der Waals surface area contributed by atoms with Crippen LogP contribution in [0, 0.1) is 0 Å². The monoisotopic (exact) mass is 280 g/mol.